The van der Waals surface area contributed by atoms with E-state index in [1.54, 1.807) is 0 Å². The van der Waals surface area contributed by atoms with Crippen molar-refractivity contribution in [1.29, 1.82) is 0 Å². The maximum absolute atomic E-state index is 13.4. The quantitative estimate of drug-likeness (QED) is 0.690. The second kappa shape index (κ2) is 7.77. The van der Waals surface area contributed by atoms with Crippen molar-refractivity contribution in [3.63, 3.8) is 0 Å². The molecule has 0 N–H and O–H groups in total. The minimum absolute atomic E-state index is 0.0583. The molecule has 3 aliphatic rings. The lowest BCUT2D eigenvalue weighted by Crippen LogP contribution is -2.52. The van der Waals surface area contributed by atoms with E-state index < -0.39 is 21.3 Å². The summed E-state index contributed by atoms with van der Waals surface area (Å²) in [5, 5.41) is 0. The van der Waals surface area contributed by atoms with Gasteiger partial charge in [-0.1, -0.05) is 25.3 Å². The number of sulfonamides is 1. The minimum atomic E-state index is -3.76. The molecule has 7 nitrogen and oxygen atoms in total. The van der Waals surface area contributed by atoms with E-state index in [1.807, 2.05) is 4.90 Å². The van der Waals surface area contributed by atoms with Crippen LogP contribution >= 0.6 is 0 Å². The van der Waals surface area contributed by atoms with Crippen molar-refractivity contribution in [3.8, 4) is 0 Å². The SMILES string of the molecule is O=C1CC2(CCCCC2)C(=O)N1CN1CCN(S(=O)(=O)c2cccc(F)c2)CC1. The number of imide groups is 1. The number of benzene rings is 1. The highest BCUT2D eigenvalue weighted by atomic mass is 32.2. The molecular formula is C20H26FN3O4S. The van der Waals surface area contributed by atoms with Gasteiger partial charge < -0.3 is 0 Å². The monoisotopic (exact) mass is 423 g/mol. The summed E-state index contributed by atoms with van der Waals surface area (Å²) < 4.78 is 40.2. The van der Waals surface area contributed by atoms with Gasteiger partial charge in [0, 0.05) is 32.6 Å². The van der Waals surface area contributed by atoms with Gasteiger partial charge in [0.15, 0.2) is 0 Å². The Hall–Kier alpha value is -1.84. The molecule has 4 rings (SSSR count). The maximum atomic E-state index is 13.4. The molecule has 0 radical (unpaired) electrons. The van der Waals surface area contributed by atoms with Crippen molar-refractivity contribution in [2.45, 2.75) is 43.4 Å². The zero-order valence-electron chi connectivity index (χ0n) is 16.3. The maximum Gasteiger partial charge on any atom is 0.243 e. The average Bonchev–Trinajstić information content (AvgIpc) is 2.93. The van der Waals surface area contributed by atoms with Crippen molar-refractivity contribution in [2.24, 2.45) is 5.41 Å². The Balaban J connectivity index is 1.38. The number of hydrogen-bond acceptors (Lipinski definition) is 5. The number of halogens is 1. The molecular weight excluding hydrogens is 397 g/mol. The Morgan fingerprint density at radius 3 is 2.34 bits per heavy atom. The average molecular weight is 424 g/mol. The molecule has 1 aromatic rings. The van der Waals surface area contributed by atoms with Gasteiger partial charge in [0.05, 0.1) is 17.0 Å². The highest BCUT2D eigenvalue weighted by Gasteiger charge is 2.51. The number of carbonyl (C=O) groups is 2. The normalized spacial score (nSPS) is 23.8. The largest absolute Gasteiger partial charge is 0.283 e. The van der Waals surface area contributed by atoms with Crippen LogP contribution in [0.3, 0.4) is 0 Å². The fraction of sp³-hybridized carbons (Fsp3) is 0.600. The summed E-state index contributed by atoms with van der Waals surface area (Å²) in [6, 6.07) is 4.99. The van der Waals surface area contributed by atoms with Crippen molar-refractivity contribution >= 4 is 21.8 Å². The van der Waals surface area contributed by atoms with Crippen LogP contribution in [0.25, 0.3) is 0 Å². The molecule has 0 bridgehead atoms. The van der Waals surface area contributed by atoms with Crippen LogP contribution in [0.4, 0.5) is 4.39 Å². The Kier molecular flexibility index (Phi) is 5.48. The third-order valence-corrected chi connectivity index (χ3v) is 8.30. The third kappa shape index (κ3) is 3.83. The van der Waals surface area contributed by atoms with E-state index in [0.29, 0.717) is 19.5 Å². The van der Waals surface area contributed by atoms with Gasteiger partial charge in [0.2, 0.25) is 21.8 Å². The Bertz CT molecular complexity index is 906. The fourth-order valence-corrected chi connectivity index (χ4v) is 6.16. The van der Waals surface area contributed by atoms with Crippen molar-refractivity contribution in [1.82, 2.24) is 14.1 Å². The van der Waals surface area contributed by atoms with E-state index in [1.165, 1.54) is 27.4 Å². The number of likely N-dealkylation sites (tertiary alicyclic amines) is 1. The van der Waals surface area contributed by atoms with E-state index in [4.69, 9.17) is 0 Å². The van der Waals surface area contributed by atoms with Crippen molar-refractivity contribution in [3.05, 3.63) is 30.1 Å². The number of piperazine rings is 1. The fourth-order valence-electron chi connectivity index (χ4n) is 4.71. The van der Waals surface area contributed by atoms with Gasteiger partial charge in [-0.05, 0) is 31.0 Å². The predicted molar refractivity (Wildman–Crippen MR) is 104 cm³/mol. The molecule has 0 atom stereocenters. The molecule has 158 valence electrons. The molecule has 9 heteroatoms. The molecule has 0 aromatic heterocycles. The summed E-state index contributed by atoms with van der Waals surface area (Å²) in [5.41, 5.74) is -0.502. The van der Waals surface area contributed by atoms with Gasteiger partial charge in [-0.25, -0.2) is 12.8 Å². The smallest absolute Gasteiger partial charge is 0.243 e. The van der Waals surface area contributed by atoms with E-state index in [-0.39, 0.29) is 36.5 Å². The van der Waals surface area contributed by atoms with Crippen LogP contribution in [-0.2, 0) is 19.6 Å². The first-order valence-electron chi connectivity index (χ1n) is 10.1. The summed E-state index contributed by atoms with van der Waals surface area (Å²) in [7, 11) is -3.76. The molecule has 3 fully saturated rings. The van der Waals surface area contributed by atoms with Gasteiger partial charge in [-0.2, -0.15) is 4.31 Å². The molecule has 0 unspecified atom stereocenters. The van der Waals surface area contributed by atoms with E-state index in [9.17, 15) is 22.4 Å². The van der Waals surface area contributed by atoms with Gasteiger partial charge >= 0.3 is 0 Å². The third-order valence-electron chi connectivity index (χ3n) is 6.41. The van der Waals surface area contributed by atoms with Crippen molar-refractivity contribution in [2.75, 3.05) is 32.8 Å². The van der Waals surface area contributed by atoms with Gasteiger partial charge in [0.1, 0.15) is 5.82 Å². The molecule has 2 aliphatic heterocycles. The van der Waals surface area contributed by atoms with Crippen LogP contribution in [0, 0.1) is 11.2 Å². The molecule has 29 heavy (non-hydrogen) atoms. The molecule has 1 aliphatic carbocycles. The van der Waals surface area contributed by atoms with Crippen LogP contribution in [-0.4, -0.2) is 67.2 Å². The summed E-state index contributed by atoms with van der Waals surface area (Å²) in [6.07, 6.45) is 4.97. The Morgan fingerprint density at radius 2 is 1.69 bits per heavy atom. The van der Waals surface area contributed by atoms with Crippen LogP contribution < -0.4 is 0 Å². The van der Waals surface area contributed by atoms with E-state index in [0.717, 1.165) is 38.2 Å². The minimum Gasteiger partial charge on any atom is -0.283 e. The van der Waals surface area contributed by atoms with Gasteiger partial charge in [0.25, 0.3) is 0 Å². The lowest BCUT2D eigenvalue weighted by Gasteiger charge is -2.36. The summed E-state index contributed by atoms with van der Waals surface area (Å²) in [5.74, 6) is -0.767. The van der Waals surface area contributed by atoms with Gasteiger partial charge in [-0.15, -0.1) is 0 Å². The number of amides is 2. The van der Waals surface area contributed by atoms with Crippen LogP contribution in [0.1, 0.15) is 38.5 Å². The van der Waals surface area contributed by atoms with E-state index >= 15 is 0 Å². The zero-order chi connectivity index (χ0) is 20.6. The highest BCUT2D eigenvalue weighted by Crippen LogP contribution is 2.45. The second-order valence-corrected chi connectivity index (χ2v) is 10.2. The highest BCUT2D eigenvalue weighted by molar-refractivity contribution is 7.89. The van der Waals surface area contributed by atoms with Gasteiger partial charge in [-0.3, -0.25) is 19.4 Å². The second-order valence-electron chi connectivity index (χ2n) is 8.27. The van der Waals surface area contributed by atoms with Crippen LogP contribution in [0.2, 0.25) is 0 Å². The summed E-state index contributed by atoms with van der Waals surface area (Å²) >= 11 is 0. The lowest BCUT2D eigenvalue weighted by molar-refractivity contribution is -0.145. The first-order valence-corrected chi connectivity index (χ1v) is 11.6. The Morgan fingerprint density at radius 1 is 1.00 bits per heavy atom. The summed E-state index contributed by atoms with van der Waals surface area (Å²) in [4.78, 5) is 28.7. The van der Waals surface area contributed by atoms with Crippen molar-refractivity contribution < 1.29 is 22.4 Å². The summed E-state index contributed by atoms with van der Waals surface area (Å²) in [6.45, 7) is 1.52. The molecule has 2 amide bonds. The molecule has 1 saturated carbocycles. The molecule has 2 saturated heterocycles. The molecule has 1 spiro atoms. The number of nitrogens with zero attached hydrogens (tertiary/aromatic N) is 3. The first-order chi connectivity index (χ1) is 13.8. The topological polar surface area (TPSA) is 78.0 Å². The Labute approximate surface area is 170 Å². The van der Waals surface area contributed by atoms with E-state index in [2.05, 4.69) is 0 Å². The number of carbonyl (C=O) groups excluding carboxylic acids is 2. The lowest BCUT2D eigenvalue weighted by atomic mass is 9.73. The number of hydrogen-bond donors (Lipinski definition) is 0. The van der Waals surface area contributed by atoms with Crippen LogP contribution in [0.15, 0.2) is 29.2 Å². The molecule has 2 heterocycles. The van der Waals surface area contributed by atoms with Crippen LogP contribution in [0.5, 0.6) is 0 Å². The zero-order valence-corrected chi connectivity index (χ0v) is 17.2. The first kappa shape index (κ1) is 20.4. The molecule has 1 aromatic carbocycles. The predicted octanol–water partition coefficient (Wildman–Crippen LogP) is 1.80. The number of rotatable bonds is 4. The standard InChI is InChI=1S/C20H26FN3O4S/c21-16-5-4-6-17(13-16)29(27,28)23-11-9-22(10-12-23)15-24-18(25)14-20(19(24)26)7-2-1-3-8-20/h4-6,13H,1-3,7-12,14-15H2.